The van der Waals surface area contributed by atoms with E-state index < -0.39 is 0 Å². The van der Waals surface area contributed by atoms with Crippen LogP contribution in [-0.4, -0.2) is 36.8 Å². The van der Waals surface area contributed by atoms with Crippen molar-refractivity contribution < 1.29 is 0 Å². The molecule has 1 N–H and O–H groups in total. The highest BCUT2D eigenvalue weighted by Gasteiger charge is 2.28. The summed E-state index contributed by atoms with van der Waals surface area (Å²) >= 11 is 3.93. The molecule has 3 atom stereocenters. The summed E-state index contributed by atoms with van der Waals surface area (Å²) in [6, 6.07) is 3.40. The molecule has 0 saturated heterocycles. The van der Waals surface area contributed by atoms with E-state index in [1.807, 2.05) is 23.1 Å². The average molecular weight is 299 g/mol. The van der Waals surface area contributed by atoms with Crippen LogP contribution in [0.3, 0.4) is 0 Å². The van der Waals surface area contributed by atoms with E-state index in [4.69, 9.17) is 0 Å². The first kappa shape index (κ1) is 15.4. The van der Waals surface area contributed by atoms with E-state index in [1.165, 1.54) is 16.2 Å². The molecule has 1 aromatic heterocycles. The second-order valence-electron chi connectivity index (χ2n) is 6.16. The van der Waals surface area contributed by atoms with Crippen molar-refractivity contribution in [3.63, 3.8) is 0 Å². The van der Waals surface area contributed by atoms with Gasteiger partial charge in [-0.05, 0) is 43.4 Å². The Kier molecular flexibility index (Phi) is 5.35. The number of nitrogens with one attached hydrogen (secondary N) is 1. The van der Waals surface area contributed by atoms with Crippen molar-refractivity contribution in [2.75, 3.05) is 20.6 Å². The van der Waals surface area contributed by atoms with E-state index in [1.54, 1.807) is 0 Å². The van der Waals surface area contributed by atoms with Crippen LogP contribution in [-0.2, 0) is 0 Å². The van der Waals surface area contributed by atoms with Crippen LogP contribution in [0.5, 0.6) is 0 Å². The van der Waals surface area contributed by atoms with Crippen LogP contribution in [0.15, 0.2) is 15.7 Å². The van der Waals surface area contributed by atoms with Crippen molar-refractivity contribution in [2.24, 2.45) is 5.92 Å². The van der Waals surface area contributed by atoms with E-state index in [0.29, 0.717) is 18.0 Å². The number of rotatable bonds is 5. The highest BCUT2D eigenvalue weighted by Crippen LogP contribution is 2.44. The SMILES string of the molecule is CC(C)C(CN(C)C)NC1C[C@H](C)Sc2sccc21. The second-order valence-corrected chi connectivity index (χ2v) is 8.78. The standard InChI is InChI=1S/C15H26N2S2/c1-10(2)14(9-17(4)5)16-13-8-11(3)19-15-12(13)6-7-18-15/h6-7,10-11,13-14,16H,8-9H2,1-5H3/t11-,13?,14?/m0/s1. The third-order valence-electron chi connectivity index (χ3n) is 3.69. The normalized spacial score (nSPS) is 24.8. The summed E-state index contributed by atoms with van der Waals surface area (Å²) in [6.45, 7) is 8.08. The fourth-order valence-corrected chi connectivity index (χ4v) is 5.18. The largest absolute Gasteiger partial charge is 0.308 e. The van der Waals surface area contributed by atoms with Gasteiger partial charge < -0.3 is 10.2 Å². The van der Waals surface area contributed by atoms with Gasteiger partial charge in [-0.3, -0.25) is 0 Å². The molecule has 2 rings (SSSR count). The Bertz CT molecular complexity index is 401. The van der Waals surface area contributed by atoms with Gasteiger partial charge >= 0.3 is 0 Å². The third-order valence-corrected chi connectivity index (χ3v) is 6.04. The highest BCUT2D eigenvalue weighted by molar-refractivity contribution is 8.01. The predicted octanol–water partition coefficient (Wildman–Crippen LogP) is 3.85. The summed E-state index contributed by atoms with van der Waals surface area (Å²) in [7, 11) is 4.32. The minimum absolute atomic E-state index is 0.532. The highest BCUT2D eigenvalue weighted by atomic mass is 32.2. The topological polar surface area (TPSA) is 15.3 Å². The fourth-order valence-electron chi connectivity index (χ4n) is 2.61. The van der Waals surface area contributed by atoms with E-state index in [-0.39, 0.29) is 0 Å². The van der Waals surface area contributed by atoms with Crippen LogP contribution in [0.4, 0.5) is 0 Å². The minimum atomic E-state index is 0.532. The maximum Gasteiger partial charge on any atom is 0.0649 e. The monoisotopic (exact) mass is 298 g/mol. The summed E-state index contributed by atoms with van der Waals surface area (Å²) in [6.07, 6.45) is 1.24. The first-order valence-electron chi connectivity index (χ1n) is 7.12. The molecule has 108 valence electrons. The first-order chi connectivity index (χ1) is 8.97. The quantitative estimate of drug-likeness (QED) is 0.889. The Morgan fingerprint density at radius 1 is 1.42 bits per heavy atom. The molecule has 0 spiro atoms. The molecule has 1 aliphatic heterocycles. The molecule has 1 aromatic rings. The predicted molar refractivity (Wildman–Crippen MR) is 87.3 cm³/mol. The molecule has 2 nitrogen and oxygen atoms in total. The average Bonchev–Trinajstić information content (AvgIpc) is 2.75. The first-order valence-corrected chi connectivity index (χ1v) is 8.88. The van der Waals surface area contributed by atoms with Crippen LogP contribution in [0.1, 0.15) is 38.8 Å². The molecular weight excluding hydrogens is 272 g/mol. The Balaban J connectivity index is 2.09. The summed E-state index contributed by atoms with van der Waals surface area (Å²) < 4.78 is 1.52. The molecule has 0 bridgehead atoms. The molecule has 2 unspecified atom stereocenters. The molecule has 4 heteroatoms. The van der Waals surface area contributed by atoms with Gasteiger partial charge in [-0.25, -0.2) is 0 Å². The lowest BCUT2D eigenvalue weighted by Gasteiger charge is -2.34. The lowest BCUT2D eigenvalue weighted by atomic mass is 9.98. The van der Waals surface area contributed by atoms with Crippen LogP contribution in [0.2, 0.25) is 0 Å². The Morgan fingerprint density at radius 3 is 2.79 bits per heavy atom. The number of nitrogens with zero attached hydrogens (tertiary/aromatic N) is 1. The van der Waals surface area contributed by atoms with Crippen molar-refractivity contribution in [3.05, 3.63) is 17.0 Å². The summed E-state index contributed by atoms with van der Waals surface area (Å²) in [5, 5.41) is 6.87. The summed E-state index contributed by atoms with van der Waals surface area (Å²) in [5.74, 6) is 0.661. The maximum atomic E-state index is 3.91. The Hall–Kier alpha value is -0.0300. The van der Waals surface area contributed by atoms with Crippen LogP contribution in [0, 0.1) is 5.92 Å². The summed E-state index contributed by atoms with van der Waals surface area (Å²) in [5.41, 5.74) is 1.53. The van der Waals surface area contributed by atoms with Crippen LogP contribution in [0.25, 0.3) is 0 Å². The molecule has 0 aromatic carbocycles. The fraction of sp³-hybridized carbons (Fsp3) is 0.733. The molecule has 19 heavy (non-hydrogen) atoms. The molecule has 0 fully saturated rings. The number of likely N-dealkylation sites (N-methyl/N-ethyl adjacent to an activating group) is 1. The van der Waals surface area contributed by atoms with Gasteiger partial charge in [0.25, 0.3) is 0 Å². The number of hydrogen-bond acceptors (Lipinski definition) is 4. The van der Waals surface area contributed by atoms with E-state index in [0.717, 1.165) is 11.8 Å². The van der Waals surface area contributed by atoms with Crippen molar-refractivity contribution in [1.82, 2.24) is 10.2 Å². The molecule has 0 saturated carbocycles. The van der Waals surface area contributed by atoms with Gasteiger partial charge in [0.1, 0.15) is 0 Å². The lowest BCUT2D eigenvalue weighted by molar-refractivity contribution is 0.263. The number of thioether (sulfide) groups is 1. The van der Waals surface area contributed by atoms with Crippen molar-refractivity contribution in [2.45, 2.75) is 48.7 Å². The Morgan fingerprint density at radius 2 is 2.16 bits per heavy atom. The van der Waals surface area contributed by atoms with Gasteiger partial charge in [0, 0.05) is 23.9 Å². The van der Waals surface area contributed by atoms with E-state index in [2.05, 4.69) is 56.5 Å². The number of thiophene rings is 1. The van der Waals surface area contributed by atoms with Crippen molar-refractivity contribution in [3.8, 4) is 0 Å². The molecule has 0 radical (unpaired) electrons. The second kappa shape index (κ2) is 6.61. The third kappa shape index (κ3) is 3.97. The molecule has 0 aliphatic carbocycles. The zero-order chi connectivity index (χ0) is 14.0. The van der Waals surface area contributed by atoms with Crippen molar-refractivity contribution >= 4 is 23.1 Å². The smallest absolute Gasteiger partial charge is 0.0649 e. The zero-order valence-electron chi connectivity index (χ0n) is 12.6. The van der Waals surface area contributed by atoms with Gasteiger partial charge in [-0.2, -0.15) is 0 Å². The zero-order valence-corrected chi connectivity index (χ0v) is 14.3. The summed E-state index contributed by atoms with van der Waals surface area (Å²) in [4.78, 5) is 2.28. The van der Waals surface area contributed by atoms with Crippen LogP contribution >= 0.6 is 23.1 Å². The number of fused-ring (bicyclic) bond motifs is 1. The van der Waals surface area contributed by atoms with Gasteiger partial charge in [0.05, 0.1) is 4.21 Å². The number of hydrogen-bond donors (Lipinski definition) is 1. The van der Waals surface area contributed by atoms with Gasteiger partial charge in [0.15, 0.2) is 0 Å². The van der Waals surface area contributed by atoms with Gasteiger partial charge in [-0.1, -0.05) is 20.8 Å². The maximum absolute atomic E-state index is 3.91. The van der Waals surface area contributed by atoms with E-state index in [9.17, 15) is 0 Å². The molecule has 2 heterocycles. The van der Waals surface area contributed by atoms with Crippen molar-refractivity contribution in [1.29, 1.82) is 0 Å². The lowest BCUT2D eigenvalue weighted by Crippen LogP contribution is -2.44. The Labute approximate surface area is 126 Å². The van der Waals surface area contributed by atoms with Gasteiger partial charge in [0.2, 0.25) is 0 Å². The molecule has 0 amide bonds. The van der Waals surface area contributed by atoms with Gasteiger partial charge in [-0.15, -0.1) is 23.1 Å². The molecular formula is C15H26N2S2. The molecule has 1 aliphatic rings. The van der Waals surface area contributed by atoms with E-state index >= 15 is 0 Å². The van der Waals surface area contributed by atoms with Crippen LogP contribution < -0.4 is 5.32 Å². The minimum Gasteiger partial charge on any atom is -0.308 e.